The van der Waals surface area contributed by atoms with Gasteiger partial charge in [-0.3, -0.25) is 0 Å². The van der Waals surface area contributed by atoms with Gasteiger partial charge in [-0.15, -0.1) is 0 Å². The fourth-order valence-electron chi connectivity index (χ4n) is 1.59. The van der Waals surface area contributed by atoms with Crippen molar-refractivity contribution >= 4 is 5.97 Å². The maximum Gasteiger partial charge on any atom is 0.344 e. The highest BCUT2D eigenvalue weighted by molar-refractivity contribution is 5.92. The van der Waals surface area contributed by atoms with E-state index in [-0.39, 0.29) is 16.7 Å². The zero-order valence-corrected chi connectivity index (χ0v) is 12.2. The van der Waals surface area contributed by atoms with Crippen LogP contribution in [0.3, 0.4) is 0 Å². The molecule has 0 spiro atoms. The van der Waals surface area contributed by atoms with Gasteiger partial charge in [0.2, 0.25) is 0 Å². The van der Waals surface area contributed by atoms with Crippen molar-refractivity contribution in [3.63, 3.8) is 0 Å². The van der Waals surface area contributed by atoms with Crippen molar-refractivity contribution in [1.29, 1.82) is 0 Å². The SMILES string of the molecule is CCC(C)(C)c1ccc(C(=O)OC(C)OC)c(O)c1. The number of esters is 1. The van der Waals surface area contributed by atoms with Crippen LogP contribution in [0, 0.1) is 0 Å². The molecule has 0 aliphatic heterocycles. The Hall–Kier alpha value is -1.55. The van der Waals surface area contributed by atoms with Gasteiger partial charge in [0.15, 0.2) is 6.29 Å². The van der Waals surface area contributed by atoms with Gasteiger partial charge in [0.1, 0.15) is 11.3 Å². The van der Waals surface area contributed by atoms with E-state index >= 15 is 0 Å². The van der Waals surface area contributed by atoms with E-state index in [9.17, 15) is 9.90 Å². The van der Waals surface area contributed by atoms with Gasteiger partial charge in [-0.05, 0) is 36.5 Å². The summed E-state index contributed by atoms with van der Waals surface area (Å²) in [6.45, 7) is 7.88. The van der Waals surface area contributed by atoms with Crippen LogP contribution < -0.4 is 0 Å². The van der Waals surface area contributed by atoms with Gasteiger partial charge in [-0.2, -0.15) is 0 Å². The Morgan fingerprint density at radius 1 is 1.42 bits per heavy atom. The van der Waals surface area contributed by atoms with E-state index in [1.807, 2.05) is 6.07 Å². The molecular weight excluding hydrogens is 244 g/mol. The molecule has 0 aromatic heterocycles. The molecule has 0 saturated carbocycles. The molecule has 0 saturated heterocycles. The van der Waals surface area contributed by atoms with Crippen molar-refractivity contribution in [2.24, 2.45) is 0 Å². The second kappa shape index (κ2) is 6.06. The first-order valence-corrected chi connectivity index (χ1v) is 6.39. The van der Waals surface area contributed by atoms with E-state index in [1.54, 1.807) is 19.1 Å². The van der Waals surface area contributed by atoms with Crippen LogP contribution in [0.5, 0.6) is 5.75 Å². The molecule has 0 bridgehead atoms. The number of rotatable bonds is 5. The summed E-state index contributed by atoms with van der Waals surface area (Å²) in [5.41, 5.74) is 1.10. The van der Waals surface area contributed by atoms with Crippen molar-refractivity contribution in [2.45, 2.75) is 45.8 Å². The van der Waals surface area contributed by atoms with Crippen molar-refractivity contribution in [1.82, 2.24) is 0 Å². The maximum atomic E-state index is 11.8. The fraction of sp³-hybridized carbons (Fsp3) is 0.533. The molecule has 19 heavy (non-hydrogen) atoms. The molecular formula is C15H22O4. The Bertz CT molecular complexity index is 451. The molecule has 0 aliphatic carbocycles. The van der Waals surface area contributed by atoms with Crippen LogP contribution in [0.4, 0.5) is 0 Å². The summed E-state index contributed by atoms with van der Waals surface area (Å²) >= 11 is 0. The zero-order chi connectivity index (χ0) is 14.6. The quantitative estimate of drug-likeness (QED) is 0.656. The summed E-state index contributed by atoms with van der Waals surface area (Å²) in [6, 6.07) is 5.06. The van der Waals surface area contributed by atoms with E-state index in [1.165, 1.54) is 7.11 Å². The summed E-state index contributed by atoms with van der Waals surface area (Å²) in [6.07, 6.45) is 0.301. The third-order valence-corrected chi connectivity index (χ3v) is 3.49. The van der Waals surface area contributed by atoms with Gasteiger partial charge in [0.05, 0.1) is 0 Å². The number of carbonyl (C=O) groups is 1. The van der Waals surface area contributed by atoms with Gasteiger partial charge in [0.25, 0.3) is 0 Å². The monoisotopic (exact) mass is 266 g/mol. The average Bonchev–Trinajstić information content (AvgIpc) is 2.38. The number of ether oxygens (including phenoxy) is 2. The Morgan fingerprint density at radius 3 is 2.53 bits per heavy atom. The van der Waals surface area contributed by atoms with Gasteiger partial charge in [-0.1, -0.05) is 26.8 Å². The molecule has 0 fully saturated rings. The maximum absolute atomic E-state index is 11.8. The van der Waals surface area contributed by atoms with Crippen LogP contribution in [0.15, 0.2) is 18.2 Å². The Kier molecular flexibility index (Phi) is 4.95. The predicted octanol–water partition coefficient (Wildman–Crippen LogP) is 3.23. The van der Waals surface area contributed by atoms with Crippen molar-refractivity contribution in [3.8, 4) is 5.75 Å². The third kappa shape index (κ3) is 3.70. The normalized spacial score (nSPS) is 13.1. The number of hydrogen-bond donors (Lipinski definition) is 1. The number of phenols is 1. The van der Waals surface area contributed by atoms with Crippen LogP contribution in [0.1, 0.15) is 50.0 Å². The first-order valence-electron chi connectivity index (χ1n) is 6.39. The minimum atomic E-state index is -0.640. The molecule has 0 radical (unpaired) electrons. The number of carbonyl (C=O) groups excluding carboxylic acids is 1. The lowest BCUT2D eigenvalue weighted by Crippen LogP contribution is -2.18. The molecule has 4 nitrogen and oxygen atoms in total. The van der Waals surface area contributed by atoms with Crippen molar-refractivity contribution in [2.75, 3.05) is 7.11 Å². The third-order valence-electron chi connectivity index (χ3n) is 3.49. The fourth-order valence-corrected chi connectivity index (χ4v) is 1.59. The predicted molar refractivity (Wildman–Crippen MR) is 73.3 cm³/mol. The largest absolute Gasteiger partial charge is 0.507 e. The number of hydrogen-bond acceptors (Lipinski definition) is 4. The molecule has 1 rings (SSSR count). The minimum Gasteiger partial charge on any atom is -0.507 e. The van der Waals surface area contributed by atoms with E-state index in [4.69, 9.17) is 9.47 Å². The molecule has 1 aromatic carbocycles. The van der Waals surface area contributed by atoms with Gasteiger partial charge < -0.3 is 14.6 Å². The summed E-state index contributed by atoms with van der Waals surface area (Å²) in [4.78, 5) is 11.8. The van der Waals surface area contributed by atoms with Gasteiger partial charge >= 0.3 is 5.97 Å². The molecule has 0 amide bonds. The summed E-state index contributed by atoms with van der Waals surface area (Å²) < 4.78 is 9.85. The summed E-state index contributed by atoms with van der Waals surface area (Å²) in [5.74, 6) is -0.653. The van der Waals surface area contributed by atoms with E-state index in [2.05, 4.69) is 20.8 Å². The standard InChI is InChI=1S/C15H22O4/c1-6-15(3,4)11-7-8-12(13(16)9-11)14(17)19-10(2)18-5/h7-10,16H,6H2,1-5H3. The zero-order valence-electron chi connectivity index (χ0n) is 12.2. The molecule has 1 aromatic rings. The van der Waals surface area contributed by atoms with E-state index < -0.39 is 12.3 Å². The molecule has 0 heterocycles. The van der Waals surface area contributed by atoms with Crippen LogP contribution in [0.2, 0.25) is 0 Å². The van der Waals surface area contributed by atoms with Crippen LogP contribution in [-0.4, -0.2) is 24.5 Å². The minimum absolute atomic E-state index is 0.0419. The molecule has 4 heteroatoms. The molecule has 106 valence electrons. The Balaban J connectivity index is 2.98. The summed E-state index contributed by atoms with van der Waals surface area (Å²) in [7, 11) is 1.45. The van der Waals surface area contributed by atoms with Crippen molar-refractivity contribution in [3.05, 3.63) is 29.3 Å². The summed E-state index contributed by atoms with van der Waals surface area (Å²) in [5, 5.41) is 9.96. The first-order chi connectivity index (χ1) is 8.81. The lowest BCUT2D eigenvalue weighted by atomic mass is 9.82. The second-order valence-corrected chi connectivity index (χ2v) is 5.18. The number of aromatic hydroxyl groups is 1. The topological polar surface area (TPSA) is 55.8 Å². The lowest BCUT2D eigenvalue weighted by Gasteiger charge is -2.23. The van der Waals surface area contributed by atoms with Gasteiger partial charge in [-0.25, -0.2) is 4.79 Å². The highest BCUT2D eigenvalue weighted by atomic mass is 16.7. The second-order valence-electron chi connectivity index (χ2n) is 5.18. The van der Waals surface area contributed by atoms with E-state index in [0.29, 0.717) is 0 Å². The van der Waals surface area contributed by atoms with Crippen LogP contribution in [0.25, 0.3) is 0 Å². The number of phenolic OH excluding ortho intramolecular Hbond substituents is 1. The first kappa shape index (κ1) is 15.5. The Morgan fingerprint density at radius 2 is 2.05 bits per heavy atom. The Labute approximate surface area is 114 Å². The van der Waals surface area contributed by atoms with Crippen LogP contribution in [-0.2, 0) is 14.9 Å². The van der Waals surface area contributed by atoms with Crippen LogP contribution >= 0.6 is 0 Å². The number of methoxy groups -OCH3 is 1. The molecule has 0 aliphatic rings. The molecule has 1 N–H and O–H groups in total. The number of benzene rings is 1. The highest BCUT2D eigenvalue weighted by Gasteiger charge is 2.22. The smallest absolute Gasteiger partial charge is 0.344 e. The average molecular weight is 266 g/mol. The molecule has 1 atom stereocenters. The van der Waals surface area contributed by atoms with Gasteiger partial charge in [0, 0.05) is 7.11 Å². The molecule has 1 unspecified atom stereocenters. The highest BCUT2D eigenvalue weighted by Crippen LogP contribution is 2.31. The van der Waals surface area contributed by atoms with Crippen molar-refractivity contribution < 1.29 is 19.4 Å². The van der Waals surface area contributed by atoms with E-state index in [0.717, 1.165) is 12.0 Å². The lowest BCUT2D eigenvalue weighted by molar-refractivity contribution is -0.0774.